The third-order valence-corrected chi connectivity index (χ3v) is 4.90. The average molecular weight is 295 g/mol. The molecule has 2 heterocycles. The minimum atomic E-state index is -0.0706. The van der Waals surface area contributed by atoms with Gasteiger partial charge >= 0.3 is 0 Å². The van der Waals surface area contributed by atoms with Gasteiger partial charge in [-0.05, 0) is 32.9 Å². The summed E-state index contributed by atoms with van der Waals surface area (Å²) in [4.78, 5) is 23.8. The lowest BCUT2D eigenvalue weighted by Crippen LogP contribution is -2.31. The molecule has 0 aliphatic heterocycles. The monoisotopic (exact) mass is 295 g/mol. The second-order valence-electron chi connectivity index (χ2n) is 4.94. The first-order valence-electron chi connectivity index (χ1n) is 6.84. The number of hydrogen-bond donors (Lipinski definition) is 2. The van der Waals surface area contributed by atoms with Crippen molar-refractivity contribution in [3.8, 4) is 0 Å². The van der Waals surface area contributed by atoms with Gasteiger partial charge in [0.15, 0.2) is 0 Å². The molecule has 0 bridgehead atoms. The average Bonchev–Trinajstić information content (AvgIpc) is 2.71. The van der Waals surface area contributed by atoms with Gasteiger partial charge in [0, 0.05) is 11.4 Å². The molecule has 6 heteroatoms. The van der Waals surface area contributed by atoms with Crippen LogP contribution >= 0.6 is 11.3 Å². The maximum absolute atomic E-state index is 12.3. The van der Waals surface area contributed by atoms with E-state index in [-0.39, 0.29) is 18.2 Å². The van der Waals surface area contributed by atoms with Crippen LogP contribution in [0.1, 0.15) is 36.2 Å². The van der Waals surface area contributed by atoms with Gasteiger partial charge in [-0.15, -0.1) is 11.3 Å². The fraction of sp³-hybridized carbons (Fsp3) is 0.571. The second-order valence-corrected chi connectivity index (χ2v) is 6.15. The summed E-state index contributed by atoms with van der Waals surface area (Å²) in [6, 6.07) is -0.0213. The number of fused-ring (bicyclic) bond motifs is 1. The number of rotatable bonds is 5. The van der Waals surface area contributed by atoms with E-state index in [0.29, 0.717) is 17.8 Å². The van der Waals surface area contributed by atoms with Crippen LogP contribution in [-0.4, -0.2) is 39.7 Å². The summed E-state index contributed by atoms with van der Waals surface area (Å²) < 4.78 is 0. The molecule has 2 rings (SSSR count). The third kappa shape index (κ3) is 2.63. The second kappa shape index (κ2) is 6.03. The van der Waals surface area contributed by atoms with E-state index in [1.807, 2.05) is 27.7 Å². The first-order valence-corrected chi connectivity index (χ1v) is 7.66. The molecular weight excluding hydrogens is 274 g/mol. The Morgan fingerprint density at radius 1 is 1.45 bits per heavy atom. The number of aryl methyl sites for hydroxylation is 2. The predicted molar refractivity (Wildman–Crippen MR) is 82.5 cm³/mol. The molecule has 0 spiro atoms. The first kappa shape index (κ1) is 15.2. The summed E-state index contributed by atoms with van der Waals surface area (Å²) >= 11 is 1.56. The lowest BCUT2D eigenvalue weighted by molar-refractivity contribution is 0.161. The molecule has 2 N–H and O–H groups in total. The van der Waals surface area contributed by atoms with Crippen LogP contribution in [0.4, 0.5) is 0 Å². The van der Waals surface area contributed by atoms with Crippen LogP contribution in [0.15, 0.2) is 4.79 Å². The molecule has 0 saturated heterocycles. The highest BCUT2D eigenvalue weighted by Gasteiger charge is 2.19. The van der Waals surface area contributed by atoms with Gasteiger partial charge in [0.25, 0.3) is 5.56 Å². The molecular formula is C14H21N3O2S. The Hall–Kier alpha value is -1.24. The molecule has 110 valence electrons. The lowest BCUT2D eigenvalue weighted by Gasteiger charge is -2.26. The van der Waals surface area contributed by atoms with E-state index in [1.165, 1.54) is 0 Å². The zero-order chi connectivity index (χ0) is 14.9. The van der Waals surface area contributed by atoms with E-state index < -0.39 is 0 Å². The summed E-state index contributed by atoms with van der Waals surface area (Å²) in [5.74, 6) is 0.666. The number of aromatic nitrogens is 2. The number of aliphatic hydroxyl groups is 1. The fourth-order valence-corrected chi connectivity index (χ4v) is 3.43. The van der Waals surface area contributed by atoms with Crippen LogP contribution in [0, 0.1) is 13.8 Å². The van der Waals surface area contributed by atoms with Crippen molar-refractivity contribution >= 4 is 21.6 Å². The molecule has 1 unspecified atom stereocenters. The van der Waals surface area contributed by atoms with Crippen LogP contribution in [0.5, 0.6) is 0 Å². The minimum Gasteiger partial charge on any atom is -0.395 e. The van der Waals surface area contributed by atoms with Crippen LogP contribution in [0.3, 0.4) is 0 Å². The van der Waals surface area contributed by atoms with Gasteiger partial charge in [-0.3, -0.25) is 9.69 Å². The number of likely N-dealkylation sites (N-methyl/N-ethyl adjacent to an activating group) is 1. The molecule has 1 atom stereocenters. The van der Waals surface area contributed by atoms with Gasteiger partial charge in [0.05, 0.1) is 18.0 Å². The number of aliphatic hydroxyl groups excluding tert-OH is 1. The van der Waals surface area contributed by atoms with Crippen LogP contribution in [-0.2, 0) is 0 Å². The summed E-state index contributed by atoms with van der Waals surface area (Å²) in [5, 5.41) is 9.80. The SMILES string of the molecule is CCN(CCO)C(C)c1nc2sc(C)c(C)c2c(=O)[nH]1. The molecule has 5 nitrogen and oxygen atoms in total. The Morgan fingerprint density at radius 2 is 2.15 bits per heavy atom. The van der Waals surface area contributed by atoms with Gasteiger partial charge < -0.3 is 10.1 Å². The maximum atomic E-state index is 12.3. The molecule has 2 aromatic rings. The molecule has 0 aliphatic carbocycles. The molecule has 20 heavy (non-hydrogen) atoms. The zero-order valence-electron chi connectivity index (χ0n) is 12.4. The smallest absolute Gasteiger partial charge is 0.259 e. The van der Waals surface area contributed by atoms with Crippen LogP contribution < -0.4 is 5.56 Å². The quantitative estimate of drug-likeness (QED) is 0.885. The van der Waals surface area contributed by atoms with Crippen molar-refractivity contribution in [1.82, 2.24) is 14.9 Å². The summed E-state index contributed by atoms with van der Waals surface area (Å²) in [6.45, 7) is 9.46. The standard InChI is InChI=1S/C14H21N3O2S/c1-5-17(6-7-18)9(3)12-15-13(19)11-8(2)10(4)20-14(11)16-12/h9,18H,5-7H2,1-4H3,(H,15,16,19). The van der Waals surface area contributed by atoms with E-state index in [1.54, 1.807) is 11.3 Å². The zero-order valence-corrected chi connectivity index (χ0v) is 13.2. The Kier molecular flexibility index (Phi) is 4.57. The topological polar surface area (TPSA) is 69.2 Å². The minimum absolute atomic E-state index is 0.0213. The van der Waals surface area contributed by atoms with E-state index in [2.05, 4.69) is 14.9 Å². The van der Waals surface area contributed by atoms with Crippen molar-refractivity contribution in [2.24, 2.45) is 0 Å². The number of thiophene rings is 1. The Morgan fingerprint density at radius 3 is 2.75 bits per heavy atom. The fourth-order valence-electron chi connectivity index (χ4n) is 2.40. The number of nitrogens with one attached hydrogen (secondary N) is 1. The van der Waals surface area contributed by atoms with Crippen LogP contribution in [0.2, 0.25) is 0 Å². The van der Waals surface area contributed by atoms with E-state index in [4.69, 9.17) is 5.11 Å². The molecule has 0 aromatic carbocycles. The largest absolute Gasteiger partial charge is 0.395 e. The van der Waals surface area contributed by atoms with Crippen molar-refractivity contribution in [3.63, 3.8) is 0 Å². The highest BCUT2D eigenvalue weighted by molar-refractivity contribution is 7.18. The Balaban J connectivity index is 2.48. The van der Waals surface area contributed by atoms with Gasteiger partial charge in [-0.1, -0.05) is 6.92 Å². The number of aromatic amines is 1. The normalized spacial score (nSPS) is 13.3. The van der Waals surface area contributed by atoms with Crippen LogP contribution in [0.25, 0.3) is 10.2 Å². The van der Waals surface area contributed by atoms with Crippen molar-refractivity contribution in [3.05, 3.63) is 26.6 Å². The Labute approximate surface area is 122 Å². The van der Waals surface area contributed by atoms with E-state index in [9.17, 15) is 4.79 Å². The number of hydrogen-bond acceptors (Lipinski definition) is 5. The molecule has 0 aliphatic rings. The van der Waals surface area contributed by atoms with Crippen molar-refractivity contribution < 1.29 is 5.11 Å². The highest BCUT2D eigenvalue weighted by atomic mass is 32.1. The van der Waals surface area contributed by atoms with Gasteiger partial charge in [-0.25, -0.2) is 4.98 Å². The molecule has 0 saturated carbocycles. The van der Waals surface area contributed by atoms with Crippen molar-refractivity contribution in [2.75, 3.05) is 19.7 Å². The molecule has 0 fully saturated rings. The summed E-state index contributed by atoms with van der Waals surface area (Å²) in [5.41, 5.74) is 0.944. The summed E-state index contributed by atoms with van der Waals surface area (Å²) in [7, 11) is 0. The number of H-pyrrole nitrogens is 1. The maximum Gasteiger partial charge on any atom is 0.259 e. The first-order chi connectivity index (χ1) is 9.49. The molecule has 0 radical (unpaired) electrons. The highest BCUT2D eigenvalue weighted by Crippen LogP contribution is 2.27. The van der Waals surface area contributed by atoms with E-state index in [0.717, 1.165) is 21.8 Å². The third-order valence-electron chi connectivity index (χ3n) is 3.79. The summed E-state index contributed by atoms with van der Waals surface area (Å²) in [6.07, 6.45) is 0. The Bertz CT molecular complexity index is 662. The number of nitrogens with zero attached hydrogens (tertiary/aromatic N) is 2. The predicted octanol–water partition coefficient (Wildman–Crippen LogP) is 1.98. The van der Waals surface area contributed by atoms with Gasteiger partial charge in [0.1, 0.15) is 10.7 Å². The van der Waals surface area contributed by atoms with Crippen molar-refractivity contribution in [1.29, 1.82) is 0 Å². The molecule has 0 amide bonds. The molecule has 2 aromatic heterocycles. The van der Waals surface area contributed by atoms with E-state index >= 15 is 0 Å². The van der Waals surface area contributed by atoms with Gasteiger partial charge in [0.2, 0.25) is 0 Å². The van der Waals surface area contributed by atoms with Gasteiger partial charge in [-0.2, -0.15) is 0 Å². The van der Waals surface area contributed by atoms with Crippen molar-refractivity contribution in [2.45, 2.75) is 33.7 Å². The lowest BCUT2D eigenvalue weighted by atomic mass is 10.2.